The molecule has 3 heteroatoms. The predicted octanol–water partition coefficient (Wildman–Crippen LogP) is 2.32. The van der Waals surface area contributed by atoms with Crippen molar-refractivity contribution in [1.82, 2.24) is 4.90 Å². The first-order valence-corrected chi connectivity index (χ1v) is 6.81. The predicted molar refractivity (Wildman–Crippen MR) is 72.0 cm³/mol. The topological polar surface area (TPSA) is 23.5 Å². The van der Waals surface area contributed by atoms with Crippen molar-refractivity contribution >= 4 is 11.3 Å². The van der Waals surface area contributed by atoms with Gasteiger partial charge in [0.25, 0.3) is 0 Å². The summed E-state index contributed by atoms with van der Waals surface area (Å²) in [5, 5.41) is 8.64. The Morgan fingerprint density at radius 2 is 2.29 bits per heavy atom. The van der Waals surface area contributed by atoms with Gasteiger partial charge in [0.05, 0.1) is 4.88 Å². The molecular weight excluding hydrogens is 230 g/mol. The second-order valence-corrected chi connectivity index (χ2v) is 6.52. The Morgan fingerprint density at radius 1 is 1.47 bits per heavy atom. The summed E-state index contributed by atoms with van der Waals surface area (Å²) in [6.45, 7) is 8.02. The number of likely N-dealkylation sites (tertiary alicyclic amines) is 1. The van der Waals surface area contributed by atoms with Crippen LogP contribution in [0.4, 0.5) is 0 Å². The van der Waals surface area contributed by atoms with Crippen LogP contribution in [0, 0.1) is 17.3 Å². The molecular formula is C14H19NOS. The summed E-state index contributed by atoms with van der Waals surface area (Å²) in [6.07, 6.45) is 1.29. The van der Waals surface area contributed by atoms with E-state index in [2.05, 4.69) is 36.7 Å². The molecule has 1 aromatic heterocycles. The Kier molecular flexibility index (Phi) is 3.88. The molecule has 1 aliphatic rings. The van der Waals surface area contributed by atoms with Gasteiger partial charge in [0.1, 0.15) is 6.61 Å². The molecule has 0 aromatic carbocycles. The SMILES string of the molecule is CC1(C)CCN(Cc2ccc(C#CCO)s2)C1. The Bertz CT molecular complexity index is 439. The van der Waals surface area contributed by atoms with Crippen LogP contribution in [0.15, 0.2) is 12.1 Å². The van der Waals surface area contributed by atoms with E-state index in [9.17, 15) is 0 Å². The second kappa shape index (κ2) is 5.22. The van der Waals surface area contributed by atoms with E-state index in [0.29, 0.717) is 5.41 Å². The van der Waals surface area contributed by atoms with Crippen molar-refractivity contribution < 1.29 is 5.11 Å². The highest BCUT2D eigenvalue weighted by Crippen LogP contribution is 2.30. The van der Waals surface area contributed by atoms with Crippen molar-refractivity contribution in [2.75, 3.05) is 19.7 Å². The minimum Gasteiger partial charge on any atom is -0.384 e. The normalized spacial score (nSPS) is 19.0. The van der Waals surface area contributed by atoms with Gasteiger partial charge in [-0.15, -0.1) is 11.3 Å². The van der Waals surface area contributed by atoms with Gasteiger partial charge in [0, 0.05) is 18.0 Å². The van der Waals surface area contributed by atoms with Crippen LogP contribution < -0.4 is 0 Å². The van der Waals surface area contributed by atoms with Crippen LogP contribution in [0.5, 0.6) is 0 Å². The van der Waals surface area contributed by atoms with Gasteiger partial charge in [-0.2, -0.15) is 0 Å². The molecule has 0 unspecified atom stereocenters. The van der Waals surface area contributed by atoms with Crippen molar-refractivity contribution in [1.29, 1.82) is 0 Å². The summed E-state index contributed by atoms with van der Waals surface area (Å²) in [7, 11) is 0. The van der Waals surface area contributed by atoms with Gasteiger partial charge in [-0.25, -0.2) is 0 Å². The molecule has 1 fully saturated rings. The molecule has 0 saturated carbocycles. The first-order chi connectivity index (χ1) is 8.09. The Labute approximate surface area is 107 Å². The molecule has 2 nitrogen and oxygen atoms in total. The molecule has 0 bridgehead atoms. The Morgan fingerprint density at radius 3 is 2.94 bits per heavy atom. The van der Waals surface area contributed by atoms with Crippen LogP contribution in [-0.2, 0) is 6.54 Å². The zero-order valence-electron chi connectivity index (χ0n) is 10.5. The monoisotopic (exact) mass is 249 g/mol. The summed E-state index contributed by atoms with van der Waals surface area (Å²) >= 11 is 1.73. The van der Waals surface area contributed by atoms with E-state index < -0.39 is 0 Å². The molecule has 0 aliphatic carbocycles. The van der Waals surface area contributed by atoms with E-state index in [1.165, 1.54) is 24.4 Å². The number of rotatable bonds is 2. The van der Waals surface area contributed by atoms with E-state index in [0.717, 1.165) is 11.4 Å². The van der Waals surface area contributed by atoms with Gasteiger partial charge in [-0.3, -0.25) is 4.90 Å². The lowest BCUT2D eigenvalue weighted by Gasteiger charge is -2.18. The third-order valence-corrected chi connectivity index (χ3v) is 4.07. The fraction of sp³-hybridized carbons (Fsp3) is 0.571. The third-order valence-electron chi connectivity index (χ3n) is 3.09. The zero-order valence-corrected chi connectivity index (χ0v) is 11.3. The maximum absolute atomic E-state index is 8.64. The molecule has 1 N–H and O–H groups in total. The molecule has 1 aromatic rings. The number of aliphatic hydroxyl groups excluding tert-OH is 1. The van der Waals surface area contributed by atoms with Crippen LogP contribution in [0.25, 0.3) is 0 Å². The van der Waals surface area contributed by atoms with Crippen LogP contribution in [0.3, 0.4) is 0 Å². The maximum Gasteiger partial charge on any atom is 0.104 e. The molecule has 1 aliphatic heterocycles. The average molecular weight is 249 g/mol. The Balaban J connectivity index is 1.94. The Hall–Kier alpha value is -0.820. The van der Waals surface area contributed by atoms with Crippen LogP contribution >= 0.6 is 11.3 Å². The molecule has 0 atom stereocenters. The fourth-order valence-electron chi connectivity index (χ4n) is 2.24. The van der Waals surface area contributed by atoms with Crippen LogP contribution in [0.2, 0.25) is 0 Å². The summed E-state index contributed by atoms with van der Waals surface area (Å²) in [5.41, 5.74) is 0.469. The second-order valence-electron chi connectivity index (χ2n) is 5.35. The smallest absolute Gasteiger partial charge is 0.104 e. The molecule has 1 saturated heterocycles. The number of aliphatic hydroxyl groups is 1. The summed E-state index contributed by atoms with van der Waals surface area (Å²) in [6, 6.07) is 4.20. The quantitative estimate of drug-likeness (QED) is 0.813. The van der Waals surface area contributed by atoms with E-state index >= 15 is 0 Å². The van der Waals surface area contributed by atoms with Gasteiger partial charge in [-0.05, 0) is 30.5 Å². The minimum absolute atomic E-state index is 0.0620. The molecule has 0 spiro atoms. The number of hydrogen-bond acceptors (Lipinski definition) is 3. The lowest BCUT2D eigenvalue weighted by Crippen LogP contribution is -2.22. The van der Waals surface area contributed by atoms with Crippen LogP contribution in [0.1, 0.15) is 30.0 Å². The van der Waals surface area contributed by atoms with E-state index in [1.54, 1.807) is 11.3 Å². The highest BCUT2D eigenvalue weighted by molar-refractivity contribution is 7.12. The largest absolute Gasteiger partial charge is 0.384 e. The first kappa shape index (κ1) is 12.6. The van der Waals surface area contributed by atoms with Gasteiger partial charge in [0.2, 0.25) is 0 Å². The zero-order chi connectivity index (χ0) is 12.3. The van der Waals surface area contributed by atoms with Crippen molar-refractivity contribution in [3.8, 4) is 11.8 Å². The third kappa shape index (κ3) is 3.57. The van der Waals surface area contributed by atoms with E-state index in [4.69, 9.17) is 5.11 Å². The molecule has 0 amide bonds. The maximum atomic E-state index is 8.64. The fourth-order valence-corrected chi connectivity index (χ4v) is 3.16. The number of thiophene rings is 1. The van der Waals surface area contributed by atoms with Gasteiger partial charge in [0.15, 0.2) is 0 Å². The van der Waals surface area contributed by atoms with Crippen molar-refractivity contribution in [3.63, 3.8) is 0 Å². The van der Waals surface area contributed by atoms with Gasteiger partial charge >= 0.3 is 0 Å². The summed E-state index contributed by atoms with van der Waals surface area (Å²) in [4.78, 5) is 4.92. The minimum atomic E-state index is -0.0620. The van der Waals surface area contributed by atoms with E-state index in [1.807, 2.05) is 6.07 Å². The molecule has 2 rings (SSSR count). The lowest BCUT2D eigenvalue weighted by molar-refractivity contribution is 0.286. The first-order valence-electron chi connectivity index (χ1n) is 6.00. The van der Waals surface area contributed by atoms with Crippen molar-refractivity contribution in [3.05, 3.63) is 21.9 Å². The number of nitrogens with zero attached hydrogens (tertiary/aromatic N) is 1. The van der Waals surface area contributed by atoms with E-state index in [-0.39, 0.29) is 6.61 Å². The summed E-state index contributed by atoms with van der Waals surface area (Å²) < 4.78 is 0. The van der Waals surface area contributed by atoms with Gasteiger partial charge < -0.3 is 5.11 Å². The molecule has 92 valence electrons. The van der Waals surface area contributed by atoms with Gasteiger partial charge in [-0.1, -0.05) is 25.7 Å². The highest BCUT2D eigenvalue weighted by Gasteiger charge is 2.28. The molecule has 17 heavy (non-hydrogen) atoms. The van der Waals surface area contributed by atoms with Crippen molar-refractivity contribution in [2.24, 2.45) is 5.41 Å². The highest BCUT2D eigenvalue weighted by atomic mass is 32.1. The molecule has 0 radical (unpaired) electrons. The number of hydrogen-bond donors (Lipinski definition) is 1. The standard InChI is InChI=1S/C14H19NOS/c1-14(2)7-8-15(11-14)10-13-6-5-12(17-13)4-3-9-16/h5-6,16H,7-11H2,1-2H3. The average Bonchev–Trinajstić information content (AvgIpc) is 2.83. The summed E-state index contributed by atoms with van der Waals surface area (Å²) in [5.74, 6) is 5.64. The van der Waals surface area contributed by atoms with Crippen LogP contribution in [-0.4, -0.2) is 29.7 Å². The molecule has 2 heterocycles. The lowest BCUT2D eigenvalue weighted by atomic mass is 9.93. The van der Waals surface area contributed by atoms with Crippen molar-refractivity contribution in [2.45, 2.75) is 26.8 Å².